The average Bonchev–Trinajstić information content (AvgIpc) is 2.58. The molecule has 0 radical (unpaired) electrons. The molecule has 0 amide bonds. The Morgan fingerprint density at radius 2 is 0.714 bits per heavy atom. The van der Waals surface area contributed by atoms with Crippen molar-refractivity contribution in [2.45, 2.75) is 27.7 Å². The topological polar surface area (TPSA) is 156 Å². The van der Waals surface area contributed by atoms with Crippen LogP contribution in [0.3, 0.4) is 0 Å². The summed E-state index contributed by atoms with van der Waals surface area (Å²) < 4.78 is 0. The van der Waals surface area contributed by atoms with Gasteiger partial charge in [0.15, 0.2) is 0 Å². The molecule has 0 aliphatic heterocycles. The zero-order valence-electron chi connectivity index (χ0n) is 16.0. The van der Waals surface area contributed by atoms with E-state index in [-0.39, 0.29) is 35.4 Å². The number of aliphatic carboxylic acids is 4. The highest BCUT2D eigenvalue weighted by Gasteiger charge is 2.11. The quantitative estimate of drug-likeness (QED) is 0.378. The molecule has 0 aliphatic carbocycles. The molecule has 0 saturated carbocycles. The van der Waals surface area contributed by atoms with Crippen molar-refractivity contribution in [3.63, 3.8) is 0 Å². The fourth-order valence-corrected chi connectivity index (χ4v) is 1.78. The Kier molecular flexibility index (Phi) is 9.79. The zero-order chi connectivity index (χ0) is 22.0. The Morgan fingerprint density at radius 1 is 0.536 bits per heavy atom. The summed E-state index contributed by atoms with van der Waals surface area (Å²) in [5.74, 6) is -4.75. The van der Waals surface area contributed by atoms with Gasteiger partial charge in [0.2, 0.25) is 0 Å². The maximum Gasteiger partial charge on any atom is 0.332 e. The molecule has 10 nitrogen and oxygen atoms in total. The van der Waals surface area contributed by atoms with Crippen LogP contribution in [0.5, 0.6) is 0 Å². The van der Waals surface area contributed by atoms with Gasteiger partial charge >= 0.3 is 23.9 Å². The van der Waals surface area contributed by atoms with Crippen molar-refractivity contribution < 1.29 is 39.6 Å². The summed E-state index contributed by atoms with van der Waals surface area (Å²) in [6.45, 7) is 5.45. The molecule has 0 spiro atoms. The molecule has 4 N–H and O–H groups in total. The lowest BCUT2D eigenvalue weighted by Gasteiger charge is -2.23. The van der Waals surface area contributed by atoms with Crippen molar-refractivity contribution in [2.75, 3.05) is 13.1 Å². The Hall–Kier alpha value is -3.56. The molecule has 28 heavy (non-hydrogen) atoms. The van der Waals surface area contributed by atoms with Gasteiger partial charge in [-0.15, -0.1) is 0 Å². The molecule has 0 rings (SSSR count). The van der Waals surface area contributed by atoms with Gasteiger partial charge in [-0.2, -0.15) is 0 Å². The SMILES string of the molecule is CC(=CN(C=C(C)C(=O)O)CCN(C=C(C)C(=O)O)C=C(C)C(=O)O)C(=O)O. The minimum absolute atomic E-state index is 0.0458. The molecular weight excluding hydrogens is 372 g/mol. The van der Waals surface area contributed by atoms with Crippen molar-refractivity contribution in [3.8, 4) is 0 Å². The van der Waals surface area contributed by atoms with E-state index in [4.69, 9.17) is 20.4 Å². The lowest BCUT2D eigenvalue weighted by atomic mass is 10.2. The molecule has 0 bridgehead atoms. The van der Waals surface area contributed by atoms with Crippen LogP contribution >= 0.6 is 0 Å². The van der Waals surface area contributed by atoms with Gasteiger partial charge in [-0.1, -0.05) is 0 Å². The van der Waals surface area contributed by atoms with Crippen LogP contribution < -0.4 is 0 Å². The van der Waals surface area contributed by atoms with Crippen LogP contribution in [0.4, 0.5) is 0 Å². The van der Waals surface area contributed by atoms with Gasteiger partial charge < -0.3 is 30.2 Å². The summed E-state index contributed by atoms with van der Waals surface area (Å²) in [7, 11) is 0. The van der Waals surface area contributed by atoms with Crippen LogP contribution in [-0.2, 0) is 19.2 Å². The Balaban J connectivity index is 5.78. The summed E-state index contributed by atoms with van der Waals surface area (Å²) in [6, 6.07) is 0. The molecule has 0 aromatic rings. The van der Waals surface area contributed by atoms with Gasteiger partial charge in [0.05, 0.1) is 22.3 Å². The minimum Gasteiger partial charge on any atom is -0.478 e. The number of carboxylic acids is 4. The third-order valence-corrected chi connectivity index (χ3v) is 3.40. The molecule has 0 aliphatic rings. The normalized spacial score (nSPS) is 13.1. The van der Waals surface area contributed by atoms with E-state index in [9.17, 15) is 19.2 Å². The van der Waals surface area contributed by atoms with Crippen molar-refractivity contribution >= 4 is 23.9 Å². The van der Waals surface area contributed by atoms with Crippen LogP contribution in [0, 0.1) is 0 Å². The fraction of sp³-hybridized carbons (Fsp3) is 0.333. The minimum atomic E-state index is -1.19. The predicted molar refractivity (Wildman–Crippen MR) is 99.0 cm³/mol. The molecule has 0 aromatic heterocycles. The van der Waals surface area contributed by atoms with E-state index < -0.39 is 23.9 Å². The number of hydrogen-bond donors (Lipinski definition) is 4. The summed E-state index contributed by atoms with van der Waals surface area (Å²) in [5.41, 5.74) is -0.183. The zero-order valence-corrected chi connectivity index (χ0v) is 16.0. The first-order valence-corrected chi connectivity index (χ1v) is 8.03. The highest BCUT2D eigenvalue weighted by atomic mass is 16.4. The molecule has 0 saturated heterocycles. The highest BCUT2D eigenvalue weighted by Crippen LogP contribution is 2.07. The molecule has 0 fully saturated rings. The average molecular weight is 396 g/mol. The largest absolute Gasteiger partial charge is 0.478 e. The Labute approximate surface area is 162 Å². The van der Waals surface area contributed by atoms with E-state index in [1.807, 2.05) is 0 Å². The smallest absolute Gasteiger partial charge is 0.332 e. The van der Waals surface area contributed by atoms with E-state index in [1.165, 1.54) is 62.3 Å². The number of carbonyl (C=O) groups is 4. The summed E-state index contributed by atoms with van der Waals surface area (Å²) in [6.07, 6.45) is 4.92. The first-order chi connectivity index (χ1) is 12.8. The third-order valence-electron chi connectivity index (χ3n) is 3.40. The van der Waals surface area contributed by atoms with E-state index >= 15 is 0 Å². The van der Waals surface area contributed by atoms with Gasteiger partial charge in [0.1, 0.15) is 0 Å². The fourth-order valence-electron chi connectivity index (χ4n) is 1.78. The highest BCUT2D eigenvalue weighted by molar-refractivity contribution is 5.87. The van der Waals surface area contributed by atoms with E-state index in [0.29, 0.717) is 0 Å². The molecular formula is C18H24N2O8. The lowest BCUT2D eigenvalue weighted by molar-refractivity contribution is -0.133. The van der Waals surface area contributed by atoms with Crippen molar-refractivity contribution in [1.82, 2.24) is 9.80 Å². The summed E-state index contributed by atoms with van der Waals surface area (Å²) >= 11 is 0. The van der Waals surface area contributed by atoms with Gasteiger partial charge in [-0.25, -0.2) is 19.2 Å². The molecule has 0 aromatic carbocycles. The van der Waals surface area contributed by atoms with Gasteiger partial charge in [-0.05, 0) is 27.7 Å². The number of rotatable bonds is 11. The predicted octanol–water partition coefficient (Wildman–Crippen LogP) is 1.54. The second-order valence-electron chi connectivity index (χ2n) is 5.94. The Bertz CT molecular complexity index is 638. The van der Waals surface area contributed by atoms with Gasteiger partial charge in [-0.3, -0.25) is 0 Å². The van der Waals surface area contributed by atoms with E-state index in [1.54, 1.807) is 0 Å². The second-order valence-corrected chi connectivity index (χ2v) is 5.94. The molecule has 0 unspecified atom stereocenters. The molecule has 10 heteroatoms. The Morgan fingerprint density at radius 3 is 0.857 bits per heavy atom. The van der Waals surface area contributed by atoms with Crippen molar-refractivity contribution in [3.05, 3.63) is 47.1 Å². The van der Waals surface area contributed by atoms with Crippen molar-refractivity contribution in [2.24, 2.45) is 0 Å². The van der Waals surface area contributed by atoms with E-state index in [2.05, 4.69) is 0 Å². The van der Waals surface area contributed by atoms with Crippen molar-refractivity contribution in [1.29, 1.82) is 0 Å². The number of nitrogens with zero attached hydrogens (tertiary/aromatic N) is 2. The van der Waals surface area contributed by atoms with E-state index in [0.717, 1.165) is 0 Å². The maximum atomic E-state index is 11.0. The first kappa shape index (κ1) is 24.4. The monoisotopic (exact) mass is 396 g/mol. The first-order valence-electron chi connectivity index (χ1n) is 8.03. The molecule has 154 valence electrons. The maximum absolute atomic E-state index is 11.0. The van der Waals surface area contributed by atoms with Crippen LogP contribution in [0.25, 0.3) is 0 Å². The second kappa shape index (κ2) is 11.2. The molecule has 0 atom stereocenters. The lowest BCUT2D eigenvalue weighted by Crippen LogP contribution is -2.26. The molecule has 0 heterocycles. The third kappa shape index (κ3) is 9.22. The standard InChI is InChI=1S/C18H24N2O8/c1-11(15(21)22)7-19(8-12(2)16(23)24)5-6-20(9-13(3)17(25)26)10-14(4)18(27)28/h7-10H,5-6H2,1-4H3,(H,21,22)(H,23,24)(H,25,26)(H,27,28). The number of carboxylic acid groups (broad SMARTS) is 4. The van der Waals surface area contributed by atoms with Gasteiger partial charge in [0, 0.05) is 37.9 Å². The van der Waals surface area contributed by atoms with Gasteiger partial charge in [0.25, 0.3) is 0 Å². The summed E-state index contributed by atoms with van der Waals surface area (Å²) in [4.78, 5) is 46.8. The van der Waals surface area contributed by atoms with Crippen LogP contribution in [0.2, 0.25) is 0 Å². The van der Waals surface area contributed by atoms with Crippen LogP contribution in [0.15, 0.2) is 47.1 Å². The van der Waals surface area contributed by atoms with Crippen LogP contribution in [-0.4, -0.2) is 67.2 Å². The number of hydrogen-bond acceptors (Lipinski definition) is 6. The van der Waals surface area contributed by atoms with Crippen LogP contribution in [0.1, 0.15) is 27.7 Å². The summed E-state index contributed by atoms with van der Waals surface area (Å²) in [5, 5.41) is 36.1.